The van der Waals surface area contributed by atoms with Crippen molar-refractivity contribution >= 4 is 38.3 Å². The van der Waals surface area contributed by atoms with Crippen LogP contribution in [0.3, 0.4) is 0 Å². The number of carbonyl (C=O) groups is 1. The van der Waals surface area contributed by atoms with Crippen LogP contribution in [0.5, 0.6) is 0 Å². The second-order valence-corrected chi connectivity index (χ2v) is 11.4. The van der Waals surface area contributed by atoms with E-state index in [0.29, 0.717) is 33.5 Å². The highest BCUT2D eigenvalue weighted by Crippen LogP contribution is 2.63. The molecule has 7 rings (SSSR count). The molecule has 0 bridgehead atoms. The number of rotatable bonds is 3. The monoisotopic (exact) mass is 524 g/mol. The van der Waals surface area contributed by atoms with Gasteiger partial charge in [0.15, 0.2) is 5.54 Å². The van der Waals surface area contributed by atoms with Crippen molar-refractivity contribution in [1.82, 2.24) is 0 Å². The molecule has 2 aliphatic heterocycles. The lowest BCUT2D eigenvalue weighted by Crippen LogP contribution is -2.54. The Hall–Kier alpha value is -4.43. The minimum absolute atomic E-state index is 0.0378. The minimum Gasteiger partial charge on any atom is -0.458 e. The van der Waals surface area contributed by atoms with Gasteiger partial charge < -0.3 is 9.73 Å². The zero-order chi connectivity index (χ0) is 26.2. The largest absolute Gasteiger partial charge is 0.458 e. The molecule has 1 N–H and O–H groups in total. The van der Waals surface area contributed by atoms with Crippen LogP contribution >= 0.6 is 0 Å². The summed E-state index contributed by atoms with van der Waals surface area (Å²) >= 11 is 0. The molecule has 3 heterocycles. The molecule has 0 saturated heterocycles. The van der Waals surface area contributed by atoms with Crippen molar-refractivity contribution in [2.45, 2.75) is 23.3 Å². The first-order chi connectivity index (χ1) is 18.3. The first-order valence-corrected chi connectivity index (χ1v) is 13.6. The highest BCUT2D eigenvalue weighted by Gasteiger charge is 2.67. The molecule has 2 aliphatic rings. The molecule has 8 heteroatoms. The lowest BCUT2D eigenvalue weighted by molar-refractivity contribution is -0.120. The predicted molar refractivity (Wildman–Crippen MR) is 142 cm³/mol. The summed E-state index contributed by atoms with van der Waals surface area (Å²) in [6.07, 6.45) is 0. The molecule has 2 atom stereocenters. The number of para-hydroxylation sites is 2. The Bertz CT molecular complexity index is 1880. The maximum atomic E-state index is 14.6. The average Bonchev–Trinajstić information content (AvgIpc) is 3.51. The van der Waals surface area contributed by atoms with Crippen molar-refractivity contribution in [3.8, 4) is 0 Å². The summed E-state index contributed by atoms with van der Waals surface area (Å²) in [5.41, 5.74) is 1.27. The van der Waals surface area contributed by atoms with Gasteiger partial charge in [0, 0.05) is 16.6 Å². The van der Waals surface area contributed by atoms with Crippen molar-refractivity contribution in [2.24, 2.45) is 0 Å². The SMILES string of the molecule is Cc1ccc(S(=O)(=O)N2c3c(oc4ccccc34)C(c3cccc(F)c3)C23C(=O)Nc2ccccc23)cc1. The van der Waals surface area contributed by atoms with E-state index in [1.165, 1.54) is 28.6 Å². The second-order valence-electron chi connectivity index (χ2n) is 9.65. The molecule has 6 nitrogen and oxygen atoms in total. The molecule has 38 heavy (non-hydrogen) atoms. The van der Waals surface area contributed by atoms with Crippen LogP contribution in [0.15, 0.2) is 106 Å². The Kier molecular flexibility index (Phi) is 4.66. The Morgan fingerprint density at radius 3 is 2.45 bits per heavy atom. The lowest BCUT2D eigenvalue weighted by Gasteiger charge is -2.38. The van der Waals surface area contributed by atoms with Gasteiger partial charge in [0.05, 0.1) is 10.8 Å². The second kappa shape index (κ2) is 7.79. The van der Waals surface area contributed by atoms with E-state index >= 15 is 0 Å². The van der Waals surface area contributed by atoms with Crippen LogP contribution in [0.25, 0.3) is 11.0 Å². The average molecular weight is 525 g/mol. The third-order valence-electron chi connectivity index (χ3n) is 7.47. The number of carbonyl (C=O) groups excluding carboxylic acids is 1. The first kappa shape index (κ1) is 22.7. The van der Waals surface area contributed by atoms with E-state index < -0.39 is 33.2 Å². The van der Waals surface area contributed by atoms with E-state index in [-0.39, 0.29) is 10.6 Å². The zero-order valence-electron chi connectivity index (χ0n) is 20.2. The van der Waals surface area contributed by atoms with Gasteiger partial charge in [-0.1, -0.05) is 60.2 Å². The highest BCUT2D eigenvalue weighted by molar-refractivity contribution is 7.93. The number of amides is 1. The van der Waals surface area contributed by atoms with Gasteiger partial charge >= 0.3 is 0 Å². The van der Waals surface area contributed by atoms with Crippen LogP contribution in [0.2, 0.25) is 0 Å². The van der Waals surface area contributed by atoms with Gasteiger partial charge in [-0.3, -0.25) is 4.79 Å². The number of halogens is 1. The zero-order valence-corrected chi connectivity index (χ0v) is 21.0. The third kappa shape index (κ3) is 2.86. The normalized spacial score (nSPS) is 20.1. The van der Waals surface area contributed by atoms with Crippen molar-refractivity contribution in [2.75, 3.05) is 9.62 Å². The number of sulfonamides is 1. The maximum absolute atomic E-state index is 14.6. The quantitative estimate of drug-likeness (QED) is 0.311. The summed E-state index contributed by atoms with van der Waals surface area (Å²) in [5.74, 6) is -1.69. The van der Waals surface area contributed by atoms with E-state index in [0.717, 1.165) is 5.56 Å². The number of hydrogen-bond acceptors (Lipinski definition) is 4. The Morgan fingerprint density at radius 1 is 0.921 bits per heavy atom. The van der Waals surface area contributed by atoms with Gasteiger partial charge in [0.1, 0.15) is 22.8 Å². The highest BCUT2D eigenvalue weighted by atomic mass is 32.2. The smallest absolute Gasteiger partial charge is 0.265 e. The van der Waals surface area contributed by atoms with Crippen LogP contribution in [0, 0.1) is 12.7 Å². The first-order valence-electron chi connectivity index (χ1n) is 12.1. The van der Waals surface area contributed by atoms with E-state index in [4.69, 9.17) is 4.42 Å². The van der Waals surface area contributed by atoms with Crippen LogP contribution in [-0.2, 0) is 20.4 Å². The van der Waals surface area contributed by atoms with Crippen molar-refractivity contribution < 1.29 is 22.0 Å². The molecule has 0 fully saturated rings. The molecule has 0 radical (unpaired) electrons. The number of nitrogens with one attached hydrogen (secondary N) is 1. The topological polar surface area (TPSA) is 79.6 Å². The van der Waals surface area contributed by atoms with E-state index in [1.807, 2.05) is 6.92 Å². The van der Waals surface area contributed by atoms with Crippen LogP contribution in [0.4, 0.5) is 15.8 Å². The van der Waals surface area contributed by atoms with Crippen molar-refractivity contribution in [3.05, 3.63) is 125 Å². The van der Waals surface area contributed by atoms with Gasteiger partial charge in [0.25, 0.3) is 15.9 Å². The van der Waals surface area contributed by atoms with Crippen LogP contribution in [-0.4, -0.2) is 14.3 Å². The fraction of sp³-hybridized carbons (Fsp3) is 0.100. The fourth-order valence-electron chi connectivity index (χ4n) is 5.90. The fourth-order valence-corrected chi connectivity index (χ4v) is 7.68. The molecule has 1 amide bonds. The molecule has 0 saturated carbocycles. The van der Waals surface area contributed by atoms with E-state index in [1.54, 1.807) is 72.8 Å². The van der Waals surface area contributed by atoms with Gasteiger partial charge in [-0.15, -0.1) is 0 Å². The van der Waals surface area contributed by atoms with Crippen LogP contribution < -0.4 is 9.62 Å². The van der Waals surface area contributed by atoms with Gasteiger partial charge in [-0.25, -0.2) is 17.1 Å². The summed E-state index contributed by atoms with van der Waals surface area (Å²) in [6.45, 7) is 1.87. The summed E-state index contributed by atoms with van der Waals surface area (Å²) < 4.78 is 51.5. The van der Waals surface area contributed by atoms with Crippen LogP contribution in [0.1, 0.15) is 28.4 Å². The van der Waals surface area contributed by atoms with E-state index in [2.05, 4.69) is 5.32 Å². The summed E-state index contributed by atoms with van der Waals surface area (Å²) in [6, 6.07) is 26.5. The standard InChI is InChI=1S/C30H21FN2O4S/c1-18-13-15-21(16-14-18)38(35,36)33-27-22-9-2-5-12-25(22)37-28(27)26(19-7-6-8-20(31)17-19)30(33)23-10-3-4-11-24(23)32-29(30)34/h2-17,26H,1H3,(H,32,34). The molecular formula is C30H21FN2O4S. The molecule has 4 aromatic carbocycles. The Labute approximate surface area is 218 Å². The number of fused-ring (bicyclic) bond motifs is 5. The molecular weight excluding hydrogens is 503 g/mol. The minimum atomic E-state index is -4.33. The summed E-state index contributed by atoms with van der Waals surface area (Å²) in [7, 11) is -4.33. The molecule has 2 unspecified atom stereocenters. The van der Waals surface area contributed by atoms with Crippen molar-refractivity contribution in [3.63, 3.8) is 0 Å². The molecule has 1 spiro atoms. The van der Waals surface area contributed by atoms with E-state index in [9.17, 15) is 17.6 Å². The molecule has 5 aromatic rings. The number of aryl methyl sites for hydroxylation is 1. The molecule has 0 aliphatic carbocycles. The Morgan fingerprint density at radius 2 is 1.66 bits per heavy atom. The van der Waals surface area contributed by atoms with Crippen molar-refractivity contribution in [1.29, 1.82) is 0 Å². The van der Waals surface area contributed by atoms with Gasteiger partial charge in [-0.2, -0.15) is 0 Å². The van der Waals surface area contributed by atoms with Gasteiger partial charge in [-0.05, 0) is 55.0 Å². The Balaban J connectivity index is 1.65. The molecule has 1 aromatic heterocycles. The summed E-state index contributed by atoms with van der Waals surface area (Å²) in [4.78, 5) is 14.3. The number of benzene rings is 4. The number of hydrogen-bond donors (Lipinski definition) is 1. The number of nitrogens with zero attached hydrogens (tertiary/aromatic N) is 1. The lowest BCUT2D eigenvalue weighted by atomic mass is 9.76. The maximum Gasteiger partial charge on any atom is 0.265 e. The molecule has 188 valence electrons. The predicted octanol–water partition coefficient (Wildman–Crippen LogP) is 6.07. The van der Waals surface area contributed by atoms with Gasteiger partial charge in [0.2, 0.25) is 0 Å². The number of anilines is 2. The summed E-state index contributed by atoms with van der Waals surface area (Å²) in [5, 5.41) is 3.45. The number of furan rings is 1. The third-order valence-corrected chi connectivity index (χ3v) is 9.29.